The molecule has 1 unspecified atom stereocenters. The zero-order chi connectivity index (χ0) is 19.4. The highest BCUT2D eigenvalue weighted by Gasteiger charge is 2.36. The first kappa shape index (κ1) is 18.8. The van der Waals surface area contributed by atoms with Gasteiger partial charge in [0.15, 0.2) is 11.5 Å². The van der Waals surface area contributed by atoms with Crippen LogP contribution in [-0.2, 0) is 5.60 Å². The summed E-state index contributed by atoms with van der Waals surface area (Å²) in [5.74, 6) is 1.46. The molecule has 0 aromatic heterocycles. The third kappa shape index (κ3) is 3.64. The Morgan fingerprint density at radius 2 is 1.81 bits per heavy atom. The number of carbonyl (C=O) groups excluding carboxylic acids is 1. The topological polar surface area (TPSA) is 86.3 Å². The van der Waals surface area contributed by atoms with Crippen molar-refractivity contribution in [3.8, 4) is 23.0 Å². The molecule has 0 aliphatic carbocycles. The van der Waals surface area contributed by atoms with Gasteiger partial charge in [0.25, 0.3) is 5.91 Å². The maximum absolute atomic E-state index is 12.7. The van der Waals surface area contributed by atoms with Gasteiger partial charge >= 0.3 is 0 Å². The highest BCUT2D eigenvalue weighted by atomic mass is 16.5. The standard InChI is InChI=1S/C20H23NO6/c1-24-16-10-13(11-17(25-2)18(16)26-3)19(22)21-12-20(23)8-9-27-15-7-5-4-6-14(15)20/h4-7,10-11,23H,8-9,12H2,1-3H3,(H,21,22). The molecule has 0 saturated heterocycles. The minimum Gasteiger partial charge on any atom is -0.493 e. The van der Waals surface area contributed by atoms with Gasteiger partial charge in [-0.05, 0) is 18.2 Å². The number of methoxy groups -OCH3 is 3. The first-order valence-corrected chi connectivity index (χ1v) is 8.55. The molecule has 0 radical (unpaired) electrons. The third-order valence-electron chi connectivity index (χ3n) is 4.63. The number of aliphatic hydroxyl groups is 1. The van der Waals surface area contributed by atoms with E-state index in [2.05, 4.69) is 5.32 Å². The van der Waals surface area contributed by atoms with E-state index < -0.39 is 5.60 Å². The van der Waals surface area contributed by atoms with Gasteiger partial charge in [0.1, 0.15) is 11.4 Å². The van der Waals surface area contributed by atoms with Crippen LogP contribution in [0.25, 0.3) is 0 Å². The second-order valence-electron chi connectivity index (χ2n) is 6.22. The fourth-order valence-corrected chi connectivity index (χ4v) is 3.17. The van der Waals surface area contributed by atoms with Crippen molar-refractivity contribution in [1.29, 1.82) is 0 Å². The molecular weight excluding hydrogens is 350 g/mol. The van der Waals surface area contributed by atoms with Gasteiger partial charge in [0, 0.05) is 17.5 Å². The van der Waals surface area contributed by atoms with Crippen LogP contribution >= 0.6 is 0 Å². The van der Waals surface area contributed by atoms with Crippen molar-refractivity contribution in [3.63, 3.8) is 0 Å². The van der Waals surface area contributed by atoms with Crippen LogP contribution in [0.15, 0.2) is 36.4 Å². The monoisotopic (exact) mass is 373 g/mol. The van der Waals surface area contributed by atoms with Crippen molar-refractivity contribution < 1.29 is 28.8 Å². The number of hydrogen-bond acceptors (Lipinski definition) is 6. The SMILES string of the molecule is COc1cc(C(=O)NCC2(O)CCOc3ccccc32)cc(OC)c1OC. The molecule has 0 spiro atoms. The Hall–Kier alpha value is -2.93. The number of fused-ring (bicyclic) bond motifs is 1. The summed E-state index contributed by atoms with van der Waals surface area (Å²) in [5.41, 5.74) is -0.180. The Bertz CT molecular complexity index is 812. The number of para-hydroxylation sites is 1. The van der Waals surface area contributed by atoms with Gasteiger partial charge in [0.2, 0.25) is 5.75 Å². The van der Waals surface area contributed by atoms with E-state index in [1.807, 2.05) is 12.1 Å². The van der Waals surface area contributed by atoms with E-state index in [4.69, 9.17) is 18.9 Å². The van der Waals surface area contributed by atoms with E-state index in [-0.39, 0.29) is 12.5 Å². The predicted molar refractivity (Wildman–Crippen MR) is 98.9 cm³/mol. The Balaban J connectivity index is 1.81. The molecule has 1 heterocycles. The van der Waals surface area contributed by atoms with E-state index in [1.165, 1.54) is 21.3 Å². The molecule has 1 aliphatic rings. The van der Waals surface area contributed by atoms with E-state index >= 15 is 0 Å². The summed E-state index contributed by atoms with van der Waals surface area (Å²) in [6, 6.07) is 10.4. The highest BCUT2D eigenvalue weighted by Crippen LogP contribution is 2.39. The lowest BCUT2D eigenvalue weighted by molar-refractivity contribution is -0.00160. The van der Waals surface area contributed by atoms with Crippen LogP contribution in [0.5, 0.6) is 23.0 Å². The van der Waals surface area contributed by atoms with Gasteiger partial charge in [-0.2, -0.15) is 0 Å². The third-order valence-corrected chi connectivity index (χ3v) is 4.63. The summed E-state index contributed by atoms with van der Waals surface area (Å²) in [4.78, 5) is 12.7. The zero-order valence-electron chi connectivity index (χ0n) is 15.6. The molecule has 2 aromatic carbocycles. The molecule has 3 rings (SSSR count). The van der Waals surface area contributed by atoms with Crippen LogP contribution < -0.4 is 24.3 Å². The van der Waals surface area contributed by atoms with Gasteiger partial charge in [-0.25, -0.2) is 0 Å². The normalized spacial score (nSPS) is 18.1. The van der Waals surface area contributed by atoms with Gasteiger partial charge < -0.3 is 29.4 Å². The van der Waals surface area contributed by atoms with Crippen molar-refractivity contribution in [2.75, 3.05) is 34.5 Å². The van der Waals surface area contributed by atoms with Crippen molar-refractivity contribution in [1.82, 2.24) is 5.32 Å². The van der Waals surface area contributed by atoms with Gasteiger partial charge in [-0.15, -0.1) is 0 Å². The van der Waals surface area contributed by atoms with Crippen molar-refractivity contribution in [2.45, 2.75) is 12.0 Å². The number of nitrogens with one attached hydrogen (secondary N) is 1. The molecule has 7 heteroatoms. The Labute approximate surface area is 157 Å². The zero-order valence-corrected chi connectivity index (χ0v) is 15.6. The van der Waals surface area contributed by atoms with Crippen LogP contribution in [0.4, 0.5) is 0 Å². The van der Waals surface area contributed by atoms with Crippen molar-refractivity contribution in [2.24, 2.45) is 0 Å². The minimum atomic E-state index is -1.19. The molecule has 7 nitrogen and oxygen atoms in total. The minimum absolute atomic E-state index is 0.0584. The van der Waals surface area contributed by atoms with E-state index in [9.17, 15) is 9.90 Å². The molecule has 144 valence electrons. The van der Waals surface area contributed by atoms with Crippen molar-refractivity contribution in [3.05, 3.63) is 47.5 Å². The molecule has 2 N–H and O–H groups in total. The van der Waals surface area contributed by atoms with Crippen LogP contribution in [0.3, 0.4) is 0 Å². The summed E-state index contributed by atoms with van der Waals surface area (Å²) in [5, 5.41) is 13.8. The number of carbonyl (C=O) groups is 1. The van der Waals surface area contributed by atoms with E-state index in [0.717, 1.165) is 0 Å². The Morgan fingerprint density at radius 1 is 1.15 bits per heavy atom. The Kier molecular flexibility index (Phi) is 5.41. The first-order chi connectivity index (χ1) is 13.0. The fourth-order valence-electron chi connectivity index (χ4n) is 3.17. The molecule has 0 saturated carbocycles. The lowest BCUT2D eigenvalue weighted by atomic mass is 9.88. The lowest BCUT2D eigenvalue weighted by Gasteiger charge is -2.34. The maximum atomic E-state index is 12.7. The number of ether oxygens (including phenoxy) is 4. The van der Waals surface area contributed by atoms with Gasteiger partial charge in [-0.3, -0.25) is 4.79 Å². The Morgan fingerprint density at radius 3 is 2.44 bits per heavy atom. The van der Waals surface area contributed by atoms with Crippen LogP contribution in [0.2, 0.25) is 0 Å². The van der Waals surface area contributed by atoms with Gasteiger partial charge in [-0.1, -0.05) is 18.2 Å². The number of hydrogen-bond donors (Lipinski definition) is 2. The molecule has 2 aromatic rings. The quantitative estimate of drug-likeness (QED) is 0.807. The van der Waals surface area contributed by atoms with E-state index in [1.54, 1.807) is 24.3 Å². The van der Waals surface area contributed by atoms with Crippen LogP contribution in [-0.4, -0.2) is 45.5 Å². The predicted octanol–water partition coefficient (Wildman–Crippen LogP) is 2.11. The molecule has 27 heavy (non-hydrogen) atoms. The van der Waals surface area contributed by atoms with Gasteiger partial charge in [0.05, 0.1) is 34.5 Å². The molecule has 1 aliphatic heterocycles. The summed E-state index contributed by atoms with van der Waals surface area (Å²) in [6.07, 6.45) is 0.388. The highest BCUT2D eigenvalue weighted by molar-refractivity contribution is 5.95. The average Bonchev–Trinajstić information content (AvgIpc) is 2.71. The fraction of sp³-hybridized carbons (Fsp3) is 0.350. The lowest BCUT2D eigenvalue weighted by Crippen LogP contribution is -2.43. The van der Waals surface area contributed by atoms with Crippen LogP contribution in [0.1, 0.15) is 22.3 Å². The maximum Gasteiger partial charge on any atom is 0.251 e. The smallest absolute Gasteiger partial charge is 0.251 e. The summed E-state index contributed by atoms with van der Waals surface area (Å²) in [7, 11) is 4.47. The molecule has 1 atom stereocenters. The second-order valence-corrected chi connectivity index (χ2v) is 6.22. The molecule has 0 fully saturated rings. The summed E-state index contributed by atoms with van der Waals surface area (Å²) < 4.78 is 21.4. The molecule has 1 amide bonds. The van der Waals surface area contributed by atoms with Crippen molar-refractivity contribution >= 4 is 5.91 Å². The largest absolute Gasteiger partial charge is 0.493 e. The molecular formula is C20H23NO6. The summed E-state index contributed by atoms with van der Waals surface area (Å²) >= 11 is 0. The second kappa shape index (κ2) is 7.75. The number of rotatable bonds is 6. The first-order valence-electron chi connectivity index (χ1n) is 8.55. The number of benzene rings is 2. The average molecular weight is 373 g/mol. The van der Waals surface area contributed by atoms with Crippen LogP contribution in [0, 0.1) is 0 Å². The summed E-state index contributed by atoms with van der Waals surface area (Å²) in [6.45, 7) is 0.441. The molecule has 0 bridgehead atoms. The van der Waals surface area contributed by atoms with E-state index in [0.29, 0.717) is 47.2 Å². The number of amides is 1.